The van der Waals surface area contributed by atoms with E-state index in [2.05, 4.69) is 22.1 Å². The molecule has 0 radical (unpaired) electrons. The van der Waals surface area contributed by atoms with Crippen molar-refractivity contribution in [2.24, 2.45) is 0 Å². The molecule has 0 bridgehead atoms. The van der Waals surface area contributed by atoms with Crippen molar-refractivity contribution in [3.05, 3.63) is 53.8 Å². The van der Waals surface area contributed by atoms with Crippen LogP contribution >= 0.6 is 12.6 Å². The predicted molar refractivity (Wildman–Crippen MR) is 104 cm³/mol. The van der Waals surface area contributed by atoms with E-state index in [1.807, 2.05) is 0 Å². The minimum Gasteiger partial charge on any atom is -0.497 e. The fraction of sp³-hybridized carbons (Fsp3) is 0.278. The first-order valence-corrected chi connectivity index (χ1v) is 10.1. The van der Waals surface area contributed by atoms with Crippen LogP contribution in [0.25, 0.3) is 0 Å². The van der Waals surface area contributed by atoms with Crippen molar-refractivity contribution in [1.29, 1.82) is 0 Å². The number of hydrogen-bond acceptors (Lipinski definition) is 7. The van der Waals surface area contributed by atoms with Crippen molar-refractivity contribution in [3.8, 4) is 11.5 Å². The van der Waals surface area contributed by atoms with Gasteiger partial charge in [-0.2, -0.15) is 12.6 Å². The molecule has 10 heteroatoms. The van der Waals surface area contributed by atoms with Gasteiger partial charge >= 0.3 is 5.97 Å². The van der Waals surface area contributed by atoms with Gasteiger partial charge in [-0.15, -0.1) is 0 Å². The third kappa shape index (κ3) is 5.85. The van der Waals surface area contributed by atoms with Crippen LogP contribution in [0, 0.1) is 5.82 Å². The first-order chi connectivity index (χ1) is 13.3. The quantitative estimate of drug-likeness (QED) is 0.470. The Labute approximate surface area is 168 Å². The smallest absolute Gasteiger partial charge is 0.343 e. The normalized spacial score (nSPS) is 12.3. The summed E-state index contributed by atoms with van der Waals surface area (Å²) in [5.74, 6) is -0.911. The third-order valence-corrected chi connectivity index (χ3v) is 5.67. The average Bonchev–Trinajstić information content (AvgIpc) is 2.70. The standard InChI is InChI=1S/C18H20FNO6S2/c1-24-13-4-6-14(7-5-13)28(22,23)20-10-17(27)12-3-8-16(15(19)9-12)26-11-18(21)25-2/h3-9,17,20,27H,10-11H2,1-2H3. The van der Waals surface area contributed by atoms with Gasteiger partial charge in [-0.1, -0.05) is 6.07 Å². The number of carbonyl (C=O) groups is 1. The number of thiol groups is 1. The number of ether oxygens (including phenoxy) is 3. The molecule has 0 fully saturated rings. The molecule has 0 aliphatic rings. The van der Waals surface area contributed by atoms with E-state index in [0.717, 1.165) is 0 Å². The summed E-state index contributed by atoms with van der Waals surface area (Å²) in [6, 6.07) is 9.96. The Balaban J connectivity index is 2.00. The van der Waals surface area contributed by atoms with E-state index in [1.165, 1.54) is 56.7 Å². The molecule has 0 amide bonds. The lowest BCUT2D eigenvalue weighted by Gasteiger charge is -2.14. The molecule has 0 spiro atoms. The maximum atomic E-state index is 14.1. The minimum absolute atomic E-state index is 0.0563. The van der Waals surface area contributed by atoms with E-state index < -0.39 is 33.7 Å². The number of sulfonamides is 1. The van der Waals surface area contributed by atoms with Crippen LogP contribution in [0.15, 0.2) is 47.4 Å². The van der Waals surface area contributed by atoms with Crippen LogP contribution in [0.2, 0.25) is 0 Å². The number of hydrogen-bond donors (Lipinski definition) is 2. The molecule has 7 nitrogen and oxygen atoms in total. The average molecular weight is 429 g/mol. The third-order valence-electron chi connectivity index (χ3n) is 3.75. The Morgan fingerprint density at radius 3 is 2.43 bits per heavy atom. The fourth-order valence-electron chi connectivity index (χ4n) is 2.18. The Morgan fingerprint density at radius 1 is 1.18 bits per heavy atom. The number of carbonyl (C=O) groups excluding carboxylic acids is 1. The number of nitrogens with one attached hydrogen (secondary N) is 1. The molecule has 2 aromatic rings. The Kier molecular flexibility index (Phi) is 7.67. The van der Waals surface area contributed by atoms with Gasteiger partial charge < -0.3 is 14.2 Å². The van der Waals surface area contributed by atoms with Crippen molar-refractivity contribution in [3.63, 3.8) is 0 Å². The predicted octanol–water partition coefficient (Wildman–Crippen LogP) is 2.34. The van der Waals surface area contributed by atoms with Crippen molar-refractivity contribution < 1.29 is 31.8 Å². The Hall–Kier alpha value is -2.30. The molecule has 0 aromatic heterocycles. The van der Waals surface area contributed by atoms with E-state index in [0.29, 0.717) is 11.3 Å². The summed E-state index contributed by atoms with van der Waals surface area (Å²) in [7, 11) is -1.07. The van der Waals surface area contributed by atoms with Crippen molar-refractivity contribution >= 4 is 28.6 Å². The SMILES string of the molecule is COC(=O)COc1ccc(C(S)CNS(=O)(=O)c2ccc(OC)cc2)cc1F. The molecule has 28 heavy (non-hydrogen) atoms. The fourth-order valence-corrected chi connectivity index (χ4v) is 3.60. The molecular weight excluding hydrogens is 409 g/mol. The zero-order valence-electron chi connectivity index (χ0n) is 15.2. The lowest BCUT2D eigenvalue weighted by molar-refractivity contribution is -0.142. The van der Waals surface area contributed by atoms with E-state index >= 15 is 0 Å². The molecule has 0 saturated heterocycles. The Morgan fingerprint density at radius 2 is 1.86 bits per heavy atom. The maximum absolute atomic E-state index is 14.1. The lowest BCUT2D eigenvalue weighted by Crippen LogP contribution is -2.27. The monoisotopic (exact) mass is 429 g/mol. The highest BCUT2D eigenvalue weighted by Crippen LogP contribution is 2.26. The molecule has 0 saturated carbocycles. The zero-order valence-corrected chi connectivity index (χ0v) is 16.9. The van der Waals surface area contributed by atoms with Gasteiger partial charge in [0.1, 0.15) is 5.75 Å². The second-order valence-corrected chi connectivity index (χ2v) is 7.99. The second-order valence-electron chi connectivity index (χ2n) is 5.60. The highest BCUT2D eigenvalue weighted by Gasteiger charge is 2.18. The van der Waals surface area contributed by atoms with Gasteiger partial charge in [-0.25, -0.2) is 22.3 Å². The van der Waals surface area contributed by atoms with Gasteiger partial charge in [-0.05, 0) is 42.0 Å². The second kappa shape index (κ2) is 9.76. The Bertz CT molecular complexity index is 918. The van der Waals surface area contributed by atoms with Gasteiger partial charge in [0.25, 0.3) is 0 Å². The molecule has 0 aliphatic heterocycles. The molecule has 2 rings (SSSR count). The lowest BCUT2D eigenvalue weighted by atomic mass is 10.1. The van der Waals surface area contributed by atoms with Crippen LogP contribution in [0.3, 0.4) is 0 Å². The summed E-state index contributed by atoms with van der Waals surface area (Å²) in [6.45, 7) is -0.474. The largest absolute Gasteiger partial charge is 0.497 e. The van der Waals surface area contributed by atoms with Gasteiger partial charge in [0, 0.05) is 11.8 Å². The summed E-state index contributed by atoms with van der Waals surface area (Å²) in [5.41, 5.74) is 0.448. The van der Waals surface area contributed by atoms with Crippen LogP contribution < -0.4 is 14.2 Å². The van der Waals surface area contributed by atoms with Crippen LogP contribution in [0.1, 0.15) is 10.8 Å². The molecular formula is C18H20FNO6S2. The van der Waals surface area contributed by atoms with Crippen molar-refractivity contribution in [2.45, 2.75) is 10.1 Å². The zero-order chi connectivity index (χ0) is 20.7. The summed E-state index contributed by atoms with van der Waals surface area (Å²) < 4.78 is 55.7. The summed E-state index contributed by atoms with van der Waals surface area (Å²) in [4.78, 5) is 11.1. The van der Waals surface area contributed by atoms with Crippen LogP contribution in [-0.2, 0) is 19.6 Å². The number of halogens is 1. The number of methoxy groups -OCH3 is 2. The molecule has 1 unspecified atom stereocenters. The van der Waals surface area contributed by atoms with E-state index in [9.17, 15) is 17.6 Å². The highest BCUT2D eigenvalue weighted by atomic mass is 32.2. The summed E-state index contributed by atoms with van der Waals surface area (Å²) in [5, 5.41) is -0.600. The topological polar surface area (TPSA) is 90.9 Å². The molecule has 1 atom stereocenters. The van der Waals surface area contributed by atoms with Crippen molar-refractivity contribution in [1.82, 2.24) is 4.72 Å². The van der Waals surface area contributed by atoms with Gasteiger partial charge in [0.15, 0.2) is 18.2 Å². The first-order valence-electron chi connectivity index (χ1n) is 8.07. The molecule has 1 N–H and O–H groups in total. The summed E-state index contributed by atoms with van der Waals surface area (Å²) >= 11 is 4.33. The highest BCUT2D eigenvalue weighted by molar-refractivity contribution is 7.89. The van der Waals surface area contributed by atoms with E-state index in [-0.39, 0.29) is 17.2 Å². The number of benzene rings is 2. The van der Waals surface area contributed by atoms with Crippen LogP contribution in [0.5, 0.6) is 11.5 Å². The summed E-state index contributed by atoms with van der Waals surface area (Å²) in [6.07, 6.45) is 0. The first kappa shape index (κ1) is 22.0. The molecule has 0 aliphatic carbocycles. The van der Waals surface area contributed by atoms with E-state index in [1.54, 1.807) is 0 Å². The molecule has 0 heterocycles. The molecule has 2 aromatic carbocycles. The minimum atomic E-state index is -3.75. The van der Waals surface area contributed by atoms with Gasteiger partial charge in [0.05, 0.1) is 19.1 Å². The van der Waals surface area contributed by atoms with Gasteiger partial charge in [-0.3, -0.25) is 0 Å². The van der Waals surface area contributed by atoms with E-state index in [4.69, 9.17) is 9.47 Å². The maximum Gasteiger partial charge on any atom is 0.343 e. The molecule has 152 valence electrons. The number of esters is 1. The van der Waals surface area contributed by atoms with Crippen LogP contribution in [-0.4, -0.2) is 41.8 Å². The van der Waals surface area contributed by atoms with Crippen LogP contribution in [0.4, 0.5) is 4.39 Å². The van der Waals surface area contributed by atoms with Crippen molar-refractivity contribution in [2.75, 3.05) is 27.4 Å². The number of rotatable bonds is 9. The van der Waals surface area contributed by atoms with Gasteiger partial charge in [0.2, 0.25) is 10.0 Å².